The van der Waals surface area contributed by atoms with Gasteiger partial charge in [0.1, 0.15) is 8.42 Å². The van der Waals surface area contributed by atoms with Gasteiger partial charge in [0, 0.05) is 17.6 Å². The summed E-state index contributed by atoms with van der Waals surface area (Å²) in [5.74, 6) is 0.0228. The normalized spacial score (nSPS) is 21.3. The van der Waals surface area contributed by atoms with E-state index in [1.165, 1.54) is 6.07 Å². The lowest BCUT2D eigenvalue weighted by atomic mass is 10.1. The monoisotopic (exact) mass is 360 g/mol. The summed E-state index contributed by atoms with van der Waals surface area (Å²) >= 11 is 0.739. The molecular formula is C10H17ClN2O4S3. The molecule has 0 saturated carbocycles. The summed E-state index contributed by atoms with van der Waals surface area (Å²) in [5.41, 5.74) is 0.522. The van der Waals surface area contributed by atoms with Crippen molar-refractivity contribution in [1.82, 2.24) is 5.32 Å². The Morgan fingerprint density at radius 1 is 1.45 bits per heavy atom. The zero-order valence-electron chi connectivity index (χ0n) is 11.0. The lowest BCUT2D eigenvalue weighted by Gasteiger charge is -2.25. The van der Waals surface area contributed by atoms with Crippen molar-refractivity contribution in [2.24, 2.45) is 5.14 Å². The third kappa shape index (κ3) is 3.52. The Hall–Kier alpha value is -0.190. The van der Waals surface area contributed by atoms with Crippen molar-refractivity contribution in [3.8, 4) is 0 Å². The number of sulfonamides is 1. The van der Waals surface area contributed by atoms with Gasteiger partial charge in [0.2, 0.25) is 10.0 Å². The van der Waals surface area contributed by atoms with Crippen LogP contribution in [0.2, 0.25) is 0 Å². The van der Waals surface area contributed by atoms with E-state index >= 15 is 0 Å². The second-order valence-corrected chi connectivity index (χ2v) is 9.98. The molecule has 0 fully saturated rings. The number of fused-ring (bicyclic) bond motifs is 1. The van der Waals surface area contributed by atoms with E-state index in [2.05, 4.69) is 5.32 Å². The fourth-order valence-electron chi connectivity index (χ4n) is 2.09. The first-order valence-corrected chi connectivity index (χ1v) is 9.78. The molecule has 0 amide bonds. The first-order valence-electron chi connectivity index (χ1n) is 5.76. The van der Waals surface area contributed by atoms with E-state index in [4.69, 9.17) is 5.14 Å². The molecule has 10 heteroatoms. The lowest BCUT2D eigenvalue weighted by molar-refractivity contribution is 0.452. The summed E-state index contributed by atoms with van der Waals surface area (Å²) < 4.78 is 46.7. The molecule has 1 atom stereocenters. The molecule has 3 N–H and O–H groups in total. The second kappa shape index (κ2) is 5.90. The number of nitrogens with two attached hydrogens (primary N) is 1. The number of hydrogen-bond donors (Lipinski definition) is 2. The molecule has 0 bridgehead atoms. The van der Waals surface area contributed by atoms with Crippen molar-refractivity contribution in [1.29, 1.82) is 0 Å². The molecule has 2 heterocycles. The summed E-state index contributed by atoms with van der Waals surface area (Å²) in [6.45, 7) is 3.91. The van der Waals surface area contributed by atoms with Crippen LogP contribution in [0.15, 0.2) is 14.5 Å². The zero-order valence-corrected chi connectivity index (χ0v) is 14.3. The average Bonchev–Trinajstić information content (AvgIpc) is 2.67. The Morgan fingerprint density at radius 2 is 2.05 bits per heavy atom. The number of rotatable bonds is 3. The van der Waals surface area contributed by atoms with E-state index in [1.54, 1.807) is 0 Å². The molecule has 0 saturated heterocycles. The molecule has 0 radical (unpaired) electrons. The van der Waals surface area contributed by atoms with Gasteiger partial charge in [0.25, 0.3) is 0 Å². The van der Waals surface area contributed by atoms with Crippen LogP contribution in [0.5, 0.6) is 0 Å². The van der Waals surface area contributed by atoms with Crippen molar-refractivity contribution in [2.75, 3.05) is 5.75 Å². The third-order valence-corrected chi connectivity index (χ3v) is 7.80. The van der Waals surface area contributed by atoms with Gasteiger partial charge in [-0.3, -0.25) is 0 Å². The molecule has 6 nitrogen and oxygen atoms in total. The van der Waals surface area contributed by atoms with Crippen LogP contribution in [0, 0.1) is 0 Å². The lowest BCUT2D eigenvalue weighted by Crippen LogP contribution is -2.32. The molecule has 0 aliphatic carbocycles. The predicted octanol–water partition coefficient (Wildman–Crippen LogP) is 1.03. The summed E-state index contributed by atoms with van der Waals surface area (Å²) in [6, 6.07) is 1.41. The van der Waals surface area contributed by atoms with Crippen LogP contribution in [0.3, 0.4) is 0 Å². The summed E-state index contributed by atoms with van der Waals surface area (Å²) in [6.07, 6.45) is 0.439. The maximum atomic E-state index is 12.0. The van der Waals surface area contributed by atoms with E-state index in [0.29, 0.717) is 12.0 Å². The summed E-state index contributed by atoms with van der Waals surface area (Å²) in [5, 5.41) is 8.32. The van der Waals surface area contributed by atoms with E-state index in [9.17, 15) is 16.8 Å². The standard InChI is InChI=1S/C10H16N2O4S3.ClH/c1-6(2)12-8-3-4-18(13,14)10-7(8)5-9(17-10)19(11,15)16;/h5-6,8,12H,3-4H2,1-2H3,(H2,11,15,16);1H. The van der Waals surface area contributed by atoms with Gasteiger partial charge in [-0.15, -0.1) is 23.7 Å². The minimum atomic E-state index is -3.87. The summed E-state index contributed by atoms with van der Waals surface area (Å²) in [4.78, 5) is 0. The summed E-state index contributed by atoms with van der Waals surface area (Å²) in [7, 11) is -7.26. The molecule has 1 aliphatic heterocycles. The highest BCUT2D eigenvalue weighted by Gasteiger charge is 2.34. The molecule has 2 rings (SSSR count). The topological polar surface area (TPSA) is 106 Å². The number of nitrogens with one attached hydrogen (secondary N) is 1. The van der Waals surface area contributed by atoms with Crippen molar-refractivity contribution in [3.05, 3.63) is 11.6 Å². The van der Waals surface area contributed by atoms with Gasteiger partial charge in [-0.1, -0.05) is 13.8 Å². The van der Waals surface area contributed by atoms with Gasteiger partial charge in [0.15, 0.2) is 9.84 Å². The quantitative estimate of drug-likeness (QED) is 0.837. The highest BCUT2D eigenvalue weighted by atomic mass is 35.5. The van der Waals surface area contributed by atoms with Gasteiger partial charge in [-0.05, 0) is 12.5 Å². The molecule has 1 aliphatic rings. The van der Waals surface area contributed by atoms with Gasteiger partial charge >= 0.3 is 0 Å². The maximum absolute atomic E-state index is 12.0. The first kappa shape index (κ1) is 17.9. The molecular weight excluding hydrogens is 344 g/mol. The van der Waals surface area contributed by atoms with Crippen LogP contribution < -0.4 is 10.5 Å². The number of thiophene rings is 1. The van der Waals surface area contributed by atoms with E-state index < -0.39 is 19.9 Å². The van der Waals surface area contributed by atoms with Crippen LogP contribution in [-0.2, 0) is 19.9 Å². The van der Waals surface area contributed by atoms with Crippen molar-refractivity contribution >= 4 is 43.6 Å². The predicted molar refractivity (Wildman–Crippen MR) is 80.6 cm³/mol. The van der Waals surface area contributed by atoms with Crippen LogP contribution in [0.1, 0.15) is 31.9 Å². The highest BCUT2D eigenvalue weighted by Crippen LogP contribution is 2.39. The Labute approximate surface area is 129 Å². The van der Waals surface area contributed by atoms with Gasteiger partial charge < -0.3 is 5.32 Å². The Balaban J connectivity index is 0.00000200. The van der Waals surface area contributed by atoms with E-state index in [1.807, 2.05) is 13.8 Å². The zero-order chi connectivity index (χ0) is 14.4. The molecule has 116 valence electrons. The highest BCUT2D eigenvalue weighted by molar-refractivity contribution is 7.95. The van der Waals surface area contributed by atoms with Gasteiger partial charge in [-0.2, -0.15) is 0 Å². The Bertz CT molecular complexity index is 694. The van der Waals surface area contributed by atoms with Crippen LogP contribution in [0.4, 0.5) is 0 Å². The van der Waals surface area contributed by atoms with E-state index in [-0.39, 0.29) is 38.7 Å². The number of sulfone groups is 1. The third-order valence-electron chi connectivity index (χ3n) is 2.85. The second-order valence-electron chi connectivity index (χ2n) is 4.83. The minimum absolute atomic E-state index is 0. The first-order chi connectivity index (χ1) is 8.61. The van der Waals surface area contributed by atoms with Crippen molar-refractivity contribution in [2.45, 2.75) is 40.8 Å². The van der Waals surface area contributed by atoms with Crippen LogP contribution in [-0.4, -0.2) is 28.6 Å². The fourth-order valence-corrected chi connectivity index (χ4v) is 6.26. The minimum Gasteiger partial charge on any atom is -0.308 e. The fraction of sp³-hybridized carbons (Fsp3) is 0.600. The van der Waals surface area contributed by atoms with Gasteiger partial charge in [-0.25, -0.2) is 22.0 Å². The van der Waals surface area contributed by atoms with Crippen molar-refractivity contribution in [3.63, 3.8) is 0 Å². The molecule has 0 spiro atoms. The molecule has 0 aromatic carbocycles. The number of halogens is 1. The van der Waals surface area contributed by atoms with Gasteiger partial charge in [0.05, 0.1) is 5.75 Å². The number of primary sulfonamides is 1. The SMILES string of the molecule is CC(C)NC1CCS(=O)(=O)c2sc(S(N)(=O)=O)cc21.Cl. The van der Waals surface area contributed by atoms with Crippen LogP contribution >= 0.6 is 23.7 Å². The molecule has 20 heavy (non-hydrogen) atoms. The average molecular weight is 361 g/mol. The Kier molecular flexibility index (Phi) is 5.27. The number of hydrogen-bond acceptors (Lipinski definition) is 6. The molecule has 1 aromatic rings. The smallest absolute Gasteiger partial charge is 0.247 e. The maximum Gasteiger partial charge on any atom is 0.247 e. The van der Waals surface area contributed by atoms with Crippen LogP contribution in [0.25, 0.3) is 0 Å². The largest absolute Gasteiger partial charge is 0.308 e. The molecule has 1 aromatic heterocycles. The molecule has 1 unspecified atom stereocenters. The van der Waals surface area contributed by atoms with Crippen molar-refractivity contribution < 1.29 is 16.8 Å². The Morgan fingerprint density at radius 3 is 2.55 bits per heavy atom. The van der Waals surface area contributed by atoms with E-state index in [0.717, 1.165) is 11.3 Å².